The van der Waals surface area contributed by atoms with Gasteiger partial charge in [-0.1, -0.05) is 31.6 Å². The summed E-state index contributed by atoms with van der Waals surface area (Å²) in [4.78, 5) is 12.2. The lowest BCUT2D eigenvalue weighted by atomic mass is 9.45. The maximum Gasteiger partial charge on any atom is 0.156 e. The lowest BCUT2D eigenvalue weighted by molar-refractivity contribution is -0.165. The van der Waals surface area contributed by atoms with E-state index in [-0.39, 0.29) is 28.6 Å². The molecule has 1 N–H and O–H groups in total. The molecule has 2 saturated carbocycles. The Bertz CT molecular complexity index is 704. The van der Waals surface area contributed by atoms with Gasteiger partial charge in [0, 0.05) is 5.41 Å². The van der Waals surface area contributed by atoms with Gasteiger partial charge in [0.2, 0.25) is 0 Å². The van der Waals surface area contributed by atoms with E-state index in [1.807, 2.05) is 6.08 Å². The highest BCUT2D eigenvalue weighted by Crippen LogP contribution is 2.66. The molecular weight excluding hydrogens is 336 g/mol. The Hall–Kier alpha value is -0.930. The van der Waals surface area contributed by atoms with Gasteiger partial charge >= 0.3 is 0 Å². The van der Waals surface area contributed by atoms with Crippen LogP contribution in [0, 0.1) is 22.7 Å². The number of aliphatic hydroxyl groups is 1. The van der Waals surface area contributed by atoms with Crippen molar-refractivity contribution < 1.29 is 14.6 Å². The lowest BCUT2D eigenvalue weighted by Crippen LogP contribution is -2.60. The Kier molecular flexibility index (Phi) is 4.51. The molecule has 0 amide bonds. The molecule has 4 aliphatic carbocycles. The van der Waals surface area contributed by atoms with Gasteiger partial charge in [0.15, 0.2) is 5.78 Å². The summed E-state index contributed by atoms with van der Waals surface area (Å²) in [6.45, 7) is 10.5. The van der Waals surface area contributed by atoms with Gasteiger partial charge in [-0.15, -0.1) is 0 Å². The fourth-order valence-corrected chi connectivity index (χ4v) is 7.20. The summed E-state index contributed by atoms with van der Waals surface area (Å²) >= 11 is 0. The van der Waals surface area contributed by atoms with Crippen LogP contribution in [0.15, 0.2) is 23.3 Å². The summed E-state index contributed by atoms with van der Waals surface area (Å²) in [7, 11) is 0. The van der Waals surface area contributed by atoms with Crippen LogP contribution in [0.25, 0.3) is 0 Å². The normalized spacial score (nSPS) is 46.3. The average Bonchev–Trinajstić information content (AvgIpc) is 2.86. The molecule has 0 aromatic carbocycles. The van der Waals surface area contributed by atoms with Crippen LogP contribution in [-0.4, -0.2) is 28.7 Å². The highest BCUT2D eigenvalue weighted by Gasteiger charge is 2.64. The first-order valence-electron chi connectivity index (χ1n) is 10.9. The maximum absolute atomic E-state index is 12.2. The Balaban J connectivity index is 1.64. The number of carbonyl (C=O) groups is 1. The summed E-state index contributed by atoms with van der Waals surface area (Å²) in [6.07, 6.45) is 12.0. The standard InChI is InChI=1S/C24H36O3/c1-15(2)27-18-8-11-22(4)17(14-18)6-7-21-20(22)9-12-23(5)19(16(3)25)10-13-24(21,23)26/h6,10,15,18,20-21,26H,7-9,11-14H2,1-5H3/t18?,20?,21-,22+,23-,24-/m1/s1. The second-order valence-electron chi connectivity index (χ2n) is 10.3. The van der Waals surface area contributed by atoms with E-state index in [2.05, 4.69) is 33.8 Å². The largest absolute Gasteiger partial charge is 0.388 e. The third-order valence-electron chi connectivity index (χ3n) is 8.67. The fraction of sp³-hybridized carbons (Fsp3) is 0.792. The van der Waals surface area contributed by atoms with E-state index >= 15 is 0 Å². The molecule has 0 aliphatic heterocycles. The van der Waals surface area contributed by atoms with E-state index < -0.39 is 5.60 Å². The minimum atomic E-state index is -0.771. The summed E-state index contributed by atoms with van der Waals surface area (Å²) < 4.78 is 6.13. The minimum absolute atomic E-state index is 0.136. The van der Waals surface area contributed by atoms with Gasteiger partial charge in [0.05, 0.1) is 17.8 Å². The lowest BCUT2D eigenvalue weighted by Gasteiger charge is -2.61. The van der Waals surface area contributed by atoms with E-state index in [0.717, 1.165) is 44.1 Å². The van der Waals surface area contributed by atoms with Crippen LogP contribution in [0.1, 0.15) is 79.6 Å². The van der Waals surface area contributed by atoms with Crippen molar-refractivity contribution in [3.63, 3.8) is 0 Å². The van der Waals surface area contributed by atoms with Crippen molar-refractivity contribution >= 4 is 5.78 Å². The van der Waals surface area contributed by atoms with Crippen LogP contribution in [0.3, 0.4) is 0 Å². The first-order valence-corrected chi connectivity index (χ1v) is 10.9. The zero-order valence-electron chi connectivity index (χ0n) is 17.7. The van der Waals surface area contributed by atoms with E-state index in [4.69, 9.17) is 4.74 Å². The number of hydrogen-bond acceptors (Lipinski definition) is 3. The molecule has 4 rings (SSSR count). The van der Waals surface area contributed by atoms with E-state index in [0.29, 0.717) is 18.4 Å². The molecule has 150 valence electrons. The predicted molar refractivity (Wildman–Crippen MR) is 107 cm³/mol. The Morgan fingerprint density at radius 1 is 1.19 bits per heavy atom. The number of ketones is 1. The van der Waals surface area contributed by atoms with Crippen LogP contribution in [0.5, 0.6) is 0 Å². The van der Waals surface area contributed by atoms with Gasteiger partial charge in [-0.25, -0.2) is 0 Å². The number of carbonyl (C=O) groups excluding carboxylic acids is 1. The molecule has 6 atom stereocenters. The van der Waals surface area contributed by atoms with E-state index in [1.54, 1.807) is 12.5 Å². The fourth-order valence-electron chi connectivity index (χ4n) is 7.20. The number of fused-ring (bicyclic) bond motifs is 5. The SMILES string of the molecule is CC(=O)C1=CC[C@@]2(O)[C@@H]3CC=C4CC(OC(C)C)CC[C@]4(C)C3CC[C@]12C. The Morgan fingerprint density at radius 3 is 2.59 bits per heavy atom. The maximum atomic E-state index is 12.2. The summed E-state index contributed by atoms with van der Waals surface area (Å²) in [6, 6.07) is 0. The summed E-state index contributed by atoms with van der Waals surface area (Å²) in [5.74, 6) is 0.896. The average molecular weight is 373 g/mol. The first kappa shape index (κ1) is 19.4. The van der Waals surface area contributed by atoms with Crippen LogP contribution in [0.2, 0.25) is 0 Å². The quantitative estimate of drug-likeness (QED) is 0.711. The molecule has 0 spiro atoms. The molecule has 4 aliphatic rings. The zero-order valence-corrected chi connectivity index (χ0v) is 17.7. The minimum Gasteiger partial charge on any atom is -0.388 e. The molecular formula is C24H36O3. The van der Waals surface area contributed by atoms with Crippen molar-refractivity contribution in [3.8, 4) is 0 Å². The second kappa shape index (κ2) is 6.29. The molecule has 0 bridgehead atoms. The number of hydrogen-bond donors (Lipinski definition) is 1. The number of ether oxygens (including phenoxy) is 1. The number of Topliss-reactive ketones (excluding diaryl/α,β-unsaturated/α-hetero) is 1. The van der Waals surface area contributed by atoms with Crippen LogP contribution >= 0.6 is 0 Å². The van der Waals surface area contributed by atoms with Crippen LogP contribution < -0.4 is 0 Å². The van der Waals surface area contributed by atoms with E-state index in [9.17, 15) is 9.90 Å². The smallest absolute Gasteiger partial charge is 0.156 e. The van der Waals surface area contributed by atoms with Crippen molar-refractivity contribution in [2.75, 3.05) is 0 Å². The monoisotopic (exact) mass is 372 g/mol. The van der Waals surface area contributed by atoms with Crippen molar-refractivity contribution in [2.45, 2.75) is 97.4 Å². The molecule has 3 nitrogen and oxygen atoms in total. The van der Waals surface area contributed by atoms with Gasteiger partial charge in [-0.3, -0.25) is 4.79 Å². The molecule has 3 heteroatoms. The predicted octanol–water partition coefficient (Wildman–Crippen LogP) is 4.98. The Labute approximate surface area is 164 Å². The van der Waals surface area contributed by atoms with Crippen molar-refractivity contribution in [1.82, 2.24) is 0 Å². The van der Waals surface area contributed by atoms with Crippen molar-refractivity contribution in [2.24, 2.45) is 22.7 Å². The number of allylic oxidation sites excluding steroid dienone is 1. The van der Waals surface area contributed by atoms with Gasteiger partial charge in [-0.05, 0) is 88.5 Å². The van der Waals surface area contributed by atoms with E-state index in [1.165, 1.54) is 0 Å². The third-order valence-corrected chi connectivity index (χ3v) is 8.67. The molecule has 0 radical (unpaired) electrons. The summed E-state index contributed by atoms with van der Waals surface area (Å²) in [5.41, 5.74) is 1.46. The first-order chi connectivity index (χ1) is 12.6. The van der Waals surface area contributed by atoms with Gasteiger partial charge < -0.3 is 9.84 Å². The molecule has 27 heavy (non-hydrogen) atoms. The van der Waals surface area contributed by atoms with Gasteiger partial charge in [0.1, 0.15) is 0 Å². The van der Waals surface area contributed by atoms with Crippen LogP contribution in [-0.2, 0) is 9.53 Å². The van der Waals surface area contributed by atoms with Gasteiger partial charge in [0.25, 0.3) is 0 Å². The highest BCUT2D eigenvalue weighted by molar-refractivity contribution is 5.95. The van der Waals surface area contributed by atoms with Crippen molar-refractivity contribution in [3.05, 3.63) is 23.3 Å². The molecule has 0 heterocycles. The highest BCUT2D eigenvalue weighted by atomic mass is 16.5. The second-order valence-corrected chi connectivity index (χ2v) is 10.3. The summed E-state index contributed by atoms with van der Waals surface area (Å²) in [5, 5.41) is 11.9. The topological polar surface area (TPSA) is 46.5 Å². The molecule has 2 unspecified atom stereocenters. The number of rotatable bonds is 3. The molecule has 0 aromatic rings. The van der Waals surface area contributed by atoms with Crippen molar-refractivity contribution in [1.29, 1.82) is 0 Å². The molecule has 0 saturated heterocycles. The Morgan fingerprint density at radius 2 is 1.93 bits per heavy atom. The molecule has 2 fully saturated rings. The third kappa shape index (κ3) is 2.64. The van der Waals surface area contributed by atoms with Crippen LogP contribution in [0.4, 0.5) is 0 Å². The zero-order chi connectivity index (χ0) is 19.6. The molecule has 0 aromatic heterocycles. The van der Waals surface area contributed by atoms with Gasteiger partial charge in [-0.2, -0.15) is 0 Å².